The first kappa shape index (κ1) is 21.7. The van der Waals surface area contributed by atoms with Crippen molar-refractivity contribution >= 4 is 34.4 Å². The molecule has 166 valence electrons. The molecular weight excluding hydrogens is 429 g/mol. The predicted molar refractivity (Wildman–Crippen MR) is 120 cm³/mol. The molecule has 0 spiro atoms. The Morgan fingerprint density at radius 2 is 1.73 bits per heavy atom. The Kier molecular flexibility index (Phi) is 5.86. The molecule has 0 atom stereocenters. The zero-order chi connectivity index (χ0) is 23.5. The third kappa shape index (κ3) is 4.16. The first-order valence-electron chi connectivity index (χ1n) is 10.0. The van der Waals surface area contributed by atoms with Crippen LogP contribution in [0, 0.1) is 15.9 Å². The lowest BCUT2D eigenvalue weighted by atomic mass is 10.0. The summed E-state index contributed by atoms with van der Waals surface area (Å²) in [6, 6.07) is 17.5. The van der Waals surface area contributed by atoms with E-state index >= 15 is 0 Å². The van der Waals surface area contributed by atoms with Gasteiger partial charge in [0.15, 0.2) is 0 Å². The molecule has 0 bridgehead atoms. The van der Waals surface area contributed by atoms with E-state index in [0.717, 1.165) is 11.0 Å². The van der Waals surface area contributed by atoms with E-state index in [1.54, 1.807) is 24.3 Å². The van der Waals surface area contributed by atoms with Gasteiger partial charge < -0.3 is 10.1 Å². The second-order valence-electron chi connectivity index (χ2n) is 7.04. The largest absolute Gasteiger partial charge is 0.494 e. The molecule has 4 rings (SSSR count). The Balaban J connectivity index is 1.81. The number of nitro benzene ring substituents is 1. The third-order valence-electron chi connectivity index (χ3n) is 4.96. The van der Waals surface area contributed by atoms with Crippen molar-refractivity contribution < 1.29 is 23.6 Å². The van der Waals surface area contributed by atoms with Crippen molar-refractivity contribution in [2.75, 3.05) is 16.8 Å². The van der Waals surface area contributed by atoms with Crippen molar-refractivity contribution in [2.24, 2.45) is 0 Å². The van der Waals surface area contributed by atoms with Gasteiger partial charge in [-0.2, -0.15) is 0 Å². The van der Waals surface area contributed by atoms with E-state index in [2.05, 4.69) is 5.32 Å². The average Bonchev–Trinajstić information content (AvgIpc) is 3.04. The maximum Gasteiger partial charge on any atom is 0.282 e. The number of nitro groups is 1. The molecular formula is C24H18FN3O5. The Bertz CT molecular complexity index is 1290. The Labute approximate surface area is 188 Å². The number of benzene rings is 3. The first-order chi connectivity index (χ1) is 15.9. The van der Waals surface area contributed by atoms with Gasteiger partial charge in [-0.3, -0.25) is 19.7 Å². The van der Waals surface area contributed by atoms with E-state index in [9.17, 15) is 24.1 Å². The van der Waals surface area contributed by atoms with E-state index in [-0.39, 0.29) is 28.2 Å². The van der Waals surface area contributed by atoms with E-state index < -0.39 is 22.6 Å². The number of nitrogens with one attached hydrogen (secondary N) is 1. The molecule has 33 heavy (non-hydrogen) atoms. The number of halogens is 1. The smallest absolute Gasteiger partial charge is 0.282 e. The maximum atomic E-state index is 14.5. The Morgan fingerprint density at radius 1 is 1.00 bits per heavy atom. The van der Waals surface area contributed by atoms with Crippen LogP contribution in [0.4, 0.5) is 21.5 Å². The van der Waals surface area contributed by atoms with Gasteiger partial charge in [0.2, 0.25) is 0 Å². The summed E-state index contributed by atoms with van der Waals surface area (Å²) in [5, 5.41) is 14.0. The van der Waals surface area contributed by atoms with Gasteiger partial charge in [0.25, 0.3) is 17.5 Å². The first-order valence-corrected chi connectivity index (χ1v) is 10.0. The highest BCUT2D eigenvalue weighted by atomic mass is 19.1. The van der Waals surface area contributed by atoms with Gasteiger partial charge in [-0.05, 0) is 48.9 Å². The van der Waals surface area contributed by atoms with E-state index in [0.29, 0.717) is 18.0 Å². The molecule has 0 saturated carbocycles. The predicted octanol–water partition coefficient (Wildman–Crippen LogP) is 4.53. The number of amides is 2. The fourth-order valence-corrected chi connectivity index (χ4v) is 3.49. The summed E-state index contributed by atoms with van der Waals surface area (Å²) in [6.07, 6.45) is 0. The summed E-state index contributed by atoms with van der Waals surface area (Å²) >= 11 is 0. The van der Waals surface area contributed by atoms with Gasteiger partial charge in [0.1, 0.15) is 17.3 Å². The number of para-hydroxylation sites is 1. The zero-order valence-corrected chi connectivity index (χ0v) is 17.4. The van der Waals surface area contributed by atoms with Gasteiger partial charge in [-0.25, -0.2) is 9.29 Å². The van der Waals surface area contributed by atoms with Crippen molar-refractivity contribution in [1.29, 1.82) is 0 Å². The molecule has 0 aliphatic carbocycles. The number of carbonyl (C=O) groups is 2. The summed E-state index contributed by atoms with van der Waals surface area (Å²) in [4.78, 5) is 37.9. The van der Waals surface area contributed by atoms with Crippen LogP contribution in [0.3, 0.4) is 0 Å². The molecule has 0 aromatic heterocycles. The van der Waals surface area contributed by atoms with Crippen molar-refractivity contribution in [2.45, 2.75) is 6.92 Å². The fraction of sp³-hybridized carbons (Fsp3) is 0.0833. The quantitative estimate of drug-likeness (QED) is 0.324. The molecule has 8 nitrogen and oxygen atoms in total. The van der Waals surface area contributed by atoms with Crippen LogP contribution in [-0.4, -0.2) is 23.3 Å². The summed E-state index contributed by atoms with van der Waals surface area (Å²) in [7, 11) is 0. The van der Waals surface area contributed by atoms with Crippen LogP contribution in [0.25, 0.3) is 5.57 Å². The van der Waals surface area contributed by atoms with Crippen LogP contribution in [0.1, 0.15) is 12.5 Å². The van der Waals surface area contributed by atoms with Gasteiger partial charge in [0.05, 0.1) is 22.8 Å². The molecule has 0 fully saturated rings. The third-order valence-corrected chi connectivity index (χ3v) is 4.96. The maximum absolute atomic E-state index is 14.5. The zero-order valence-electron chi connectivity index (χ0n) is 17.4. The second-order valence-corrected chi connectivity index (χ2v) is 7.04. The minimum absolute atomic E-state index is 0.0278. The number of nitrogens with zero attached hydrogens (tertiary/aromatic N) is 2. The summed E-state index contributed by atoms with van der Waals surface area (Å²) in [5.74, 6) is -1.67. The number of hydrogen-bond acceptors (Lipinski definition) is 6. The van der Waals surface area contributed by atoms with Crippen LogP contribution in [0.5, 0.6) is 5.75 Å². The van der Waals surface area contributed by atoms with Crippen molar-refractivity contribution in [3.05, 3.63) is 100.0 Å². The van der Waals surface area contributed by atoms with Crippen LogP contribution in [0.15, 0.2) is 78.5 Å². The lowest BCUT2D eigenvalue weighted by molar-refractivity contribution is -0.384. The fourth-order valence-electron chi connectivity index (χ4n) is 3.49. The average molecular weight is 447 g/mol. The molecule has 1 N–H and O–H groups in total. The topological polar surface area (TPSA) is 102 Å². The van der Waals surface area contributed by atoms with E-state index in [1.807, 2.05) is 6.92 Å². The standard InChI is InChI=1S/C24H18FN3O5/c1-2-33-18-7-5-6-16(14-18)26-22-21(15-10-12-17(13-11-15)28(31)32)23(29)27(24(22)30)20-9-4-3-8-19(20)25/h3-14,26H,2H2,1H3. The monoisotopic (exact) mass is 447 g/mol. The van der Waals surface area contributed by atoms with Crippen LogP contribution < -0.4 is 15.0 Å². The molecule has 3 aromatic carbocycles. The van der Waals surface area contributed by atoms with Crippen LogP contribution >= 0.6 is 0 Å². The second kappa shape index (κ2) is 8.91. The lowest BCUT2D eigenvalue weighted by Gasteiger charge is -2.16. The minimum Gasteiger partial charge on any atom is -0.494 e. The van der Waals surface area contributed by atoms with Gasteiger partial charge in [-0.15, -0.1) is 0 Å². The minimum atomic E-state index is -0.750. The molecule has 3 aromatic rings. The number of imide groups is 1. The van der Waals surface area contributed by atoms with Crippen molar-refractivity contribution in [3.8, 4) is 5.75 Å². The van der Waals surface area contributed by atoms with Crippen molar-refractivity contribution in [3.63, 3.8) is 0 Å². The summed E-state index contributed by atoms with van der Waals surface area (Å²) < 4.78 is 20.0. The normalized spacial score (nSPS) is 13.5. The van der Waals surface area contributed by atoms with Gasteiger partial charge in [-0.1, -0.05) is 18.2 Å². The molecule has 9 heteroatoms. The lowest BCUT2D eigenvalue weighted by Crippen LogP contribution is -2.33. The molecule has 2 amide bonds. The molecule has 1 heterocycles. The number of rotatable bonds is 7. The molecule has 0 saturated heterocycles. The SMILES string of the molecule is CCOc1cccc(NC2=C(c3ccc([N+](=O)[O-])cc3)C(=O)N(c3ccccc3F)C2=O)c1. The van der Waals surface area contributed by atoms with E-state index in [4.69, 9.17) is 4.74 Å². The summed E-state index contributed by atoms with van der Waals surface area (Å²) in [5.41, 5.74) is 0.298. The van der Waals surface area contributed by atoms with Crippen molar-refractivity contribution in [1.82, 2.24) is 0 Å². The van der Waals surface area contributed by atoms with E-state index in [1.165, 1.54) is 42.5 Å². The molecule has 1 aliphatic rings. The van der Waals surface area contributed by atoms with Gasteiger partial charge >= 0.3 is 0 Å². The van der Waals surface area contributed by atoms with Gasteiger partial charge in [0, 0.05) is 23.9 Å². The molecule has 1 aliphatic heterocycles. The number of anilines is 2. The highest BCUT2D eigenvalue weighted by molar-refractivity contribution is 6.46. The molecule has 0 radical (unpaired) electrons. The Hall–Kier alpha value is -4.53. The highest BCUT2D eigenvalue weighted by Crippen LogP contribution is 2.35. The Morgan fingerprint density at radius 3 is 2.39 bits per heavy atom. The highest BCUT2D eigenvalue weighted by Gasteiger charge is 2.41. The molecule has 0 unspecified atom stereocenters. The van der Waals surface area contributed by atoms with Crippen LogP contribution in [-0.2, 0) is 9.59 Å². The summed E-state index contributed by atoms with van der Waals surface area (Å²) in [6.45, 7) is 2.28. The van der Waals surface area contributed by atoms with Crippen LogP contribution in [0.2, 0.25) is 0 Å². The number of hydrogen-bond donors (Lipinski definition) is 1. The number of non-ortho nitro benzene ring substituents is 1. The number of carbonyl (C=O) groups excluding carboxylic acids is 2. The number of ether oxygens (including phenoxy) is 1.